The van der Waals surface area contributed by atoms with Crippen LogP contribution in [0.15, 0.2) is 18.2 Å². The third-order valence-electron chi connectivity index (χ3n) is 2.79. The van der Waals surface area contributed by atoms with E-state index in [4.69, 9.17) is 5.73 Å². The number of nitrogens with two attached hydrogens (primary N) is 1. The number of carbonyl (C=O) groups excluding carboxylic acids is 1. The van der Waals surface area contributed by atoms with Crippen LogP contribution >= 0.6 is 0 Å². The number of benzene rings is 1. The van der Waals surface area contributed by atoms with Crippen LogP contribution in [0.4, 0.5) is 17.6 Å². The van der Waals surface area contributed by atoms with Crippen molar-refractivity contribution in [1.82, 2.24) is 4.90 Å². The molecule has 1 aromatic carbocycles. The summed E-state index contributed by atoms with van der Waals surface area (Å²) in [5.74, 6) is -2.00. The minimum Gasteiger partial charge on any atom is -0.342 e. The summed E-state index contributed by atoms with van der Waals surface area (Å²) in [6, 6.07) is 2.09. The van der Waals surface area contributed by atoms with Crippen molar-refractivity contribution in [2.75, 3.05) is 13.6 Å². The van der Waals surface area contributed by atoms with E-state index in [2.05, 4.69) is 0 Å². The molecule has 2 N–H and O–H groups in total. The minimum atomic E-state index is -4.83. The van der Waals surface area contributed by atoms with Gasteiger partial charge in [-0.25, -0.2) is 4.39 Å². The summed E-state index contributed by atoms with van der Waals surface area (Å²) in [6.45, 7) is 2.08. The fourth-order valence-electron chi connectivity index (χ4n) is 1.59. The molecule has 7 heteroatoms. The first-order valence-electron chi connectivity index (χ1n) is 6.00. The van der Waals surface area contributed by atoms with Crippen molar-refractivity contribution in [3.63, 3.8) is 0 Å². The number of rotatable bonds is 4. The molecule has 0 saturated heterocycles. The first kappa shape index (κ1) is 16.4. The van der Waals surface area contributed by atoms with Gasteiger partial charge in [-0.1, -0.05) is 0 Å². The minimum absolute atomic E-state index is 0.121. The molecule has 1 aromatic rings. The van der Waals surface area contributed by atoms with Crippen LogP contribution in [0.5, 0.6) is 0 Å². The monoisotopic (exact) mass is 292 g/mol. The van der Waals surface area contributed by atoms with Gasteiger partial charge in [-0.2, -0.15) is 13.2 Å². The molecule has 1 unspecified atom stereocenters. The predicted octanol–water partition coefficient (Wildman–Crippen LogP) is 2.65. The highest BCUT2D eigenvalue weighted by Gasteiger charge is 2.34. The third kappa shape index (κ3) is 4.19. The molecule has 112 valence electrons. The lowest BCUT2D eigenvalue weighted by molar-refractivity contribution is -0.140. The Hall–Kier alpha value is -1.63. The van der Waals surface area contributed by atoms with Crippen LogP contribution in [0.25, 0.3) is 0 Å². The maximum Gasteiger partial charge on any atom is 0.419 e. The van der Waals surface area contributed by atoms with Crippen LogP contribution < -0.4 is 5.73 Å². The van der Waals surface area contributed by atoms with Gasteiger partial charge in [-0.3, -0.25) is 4.79 Å². The number of halogens is 4. The van der Waals surface area contributed by atoms with Crippen molar-refractivity contribution in [1.29, 1.82) is 0 Å². The molecule has 0 saturated carbocycles. The van der Waals surface area contributed by atoms with E-state index in [1.54, 1.807) is 6.92 Å². The second-order valence-corrected chi connectivity index (χ2v) is 4.69. The highest BCUT2D eigenvalue weighted by Crippen LogP contribution is 2.32. The van der Waals surface area contributed by atoms with E-state index in [0.717, 1.165) is 6.07 Å². The van der Waals surface area contributed by atoms with E-state index in [0.29, 0.717) is 25.1 Å². The standard InChI is InChI=1S/C13H16F4N2O/c1-8(18)5-6-19(2)12(20)9-3-4-11(14)10(7-9)13(15,16)17/h3-4,7-8H,5-6,18H2,1-2H3. The van der Waals surface area contributed by atoms with Crippen LogP contribution in [0, 0.1) is 5.82 Å². The van der Waals surface area contributed by atoms with E-state index in [9.17, 15) is 22.4 Å². The Labute approximate surface area is 114 Å². The van der Waals surface area contributed by atoms with Gasteiger partial charge in [0.2, 0.25) is 0 Å². The Morgan fingerprint density at radius 1 is 1.40 bits per heavy atom. The van der Waals surface area contributed by atoms with Crippen LogP contribution in [-0.4, -0.2) is 30.4 Å². The second kappa shape index (κ2) is 6.21. The molecule has 1 atom stereocenters. The highest BCUT2D eigenvalue weighted by atomic mass is 19.4. The van der Waals surface area contributed by atoms with Crippen LogP contribution in [0.1, 0.15) is 29.3 Å². The maximum absolute atomic E-state index is 13.1. The van der Waals surface area contributed by atoms with Gasteiger partial charge in [0, 0.05) is 25.2 Å². The summed E-state index contributed by atoms with van der Waals surface area (Å²) in [4.78, 5) is 13.2. The zero-order chi connectivity index (χ0) is 15.5. The lowest BCUT2D eigenvalue weighted by atomic mass is 10.1. The molecule has 3 nitrogen and oxygen atoms in total. The van der Waals surface area contributed by atoms with Crippen molar-refractivity contribution < 1.29 is 22.4 Å². The SMILES string of the molecule is CC(N)CCN(C)C(=O)c1ccc(F)c(C(F)(F)F)c1. The summed E-state index contributed by atoms with van der Waals surface area (Å²) >= 11 is 0. The van der Waals surface area contributed by atoms with Gasteiger partial charge in [-0.05, 0) is 31.5 Å². The average molecular weight is 292 g/mol. The zero-order valence-electron chi connectivity index (χ0n) is 11.2. The van der Waals surface area contributed by atoms with Crippen molar-refractivity contribution in [2.45, 2.75) is 25.6 Å². The summed E-state index contributed by atoms with van der Waals surface area (Å²) in [5, 5.41) is 0. The third-order valence-corrected chi connectivity index (χ3v) is 2.79. The van der Waals surface area contributed by atoms with E-state index >= 15 is 0 Å². The molecule has 0 radical (unpaired) electrons. The summed E-state index contributed by atoms with van der Waals surface area (Å²) in [6.07, 6.45) is -4.31. The molecular weight excluding hydrogens is 276 g/mol. The molecule has 0 heterocycles. The van der Waals surface area contributed by atoms with Crippen LogP contribution in [0.2, 0.25) is 0 Å². The van der Waals surface area contributed by atoms with E-state index in [1.807, 2.05) is 0 Å². The molecule has 0 spiro atoms. The number of amides is 1. The Kier molecular flexibility index (Phi) is 5.10. The molecular formula is C13H16F4N2O. The topological polar surface area (TPSA) is 46.3 Å². The smallest absolute Gasteiger partial charge is 0.342 e. The van der Waals surface area contributed by atoms with Crippen molar-refractivity contribution in [3.05, 3.63) is 35.1 Å². The first-order chi connectivity index (χ1) is 9.12. The van der Waals surface area contributed by atoms with Crippen molar-refractivity contribution in [2.24, 2.45) is 5.73 Å². The first-order valence-corrected chi connectivity index (χ1v) is 6.00. The number of hydrogen-bond acceptors (Lipinski definition) is 2. The fourth-order valence-corrected chi connectivity index (χ4v) is 1.59. The van der Waals surface area contributed by atoms with Crippen LogP contribution in [-0.2, 0) is 6.18 Å². The average Bonchev–Trinajstić information content (AvgIpc) is 2.34. The molecule has 1 rings (SSSR count). The van der Waals surface area contributed by atoms with Gasteiger partial charge in [0.25, 0.3) is 5.91 Å². The second-order valence-electron chi connectivity index (χ2n) is 4.69. The Bertz CT molecular complexity index is 486. The Morgan fingerprint density at radius 3 is 2.50 bits per heavy atom. The molecule has 0 fully saturated rings. The van der Waals surface area contributed by atoms with E-state index in [-0.39, 0.29) is 11.6 Å². The summed E-state index contributed by atoms with van der Waals surface area (Å²) in [7, 11) is 1.46. The van der Waals surface area contributed by atoms with Crippen LogP contribution in [0.3, 0.4) is 0 Å². The van der Waals surface area contributed by atoms with Crippen molar-refractivity contribution in [3.8, 4) is 0 Å². The molecule has 0 aliphatic rings. The number of hydrogen-bond donors (Lipinski definition) is 1. The molecule has 20 heavy (non-hydrogen) atoms. The molecule has 0 bridgehead atoms. The zero-order valence-corrected chi connectivity index (χ0v) is 11.2. The van der Waals surface area contributed by atoms with Gasteiger partial charge >= 0.3 is 6.18 Å². The molecule has 0 aliphatic heterocycles. The number of alkyl halides is 3. The van der Waals surface area contributed by atoms with Gasteiger partial charge < -0.3 is 10.6 Å². The van der Waals surface area contributed by atoms with E-state index < -0.39 is 23.5 Å². The Balaban J connectivity index is 2.94. The summed E-state index contributed by atoms with van der Waals surface area (Å²) < 4.78 is 50.8. The van der Waals surface area contributed by atoms with Gasteiger partial charge in [0.05, 0.1) is 5.56 Å². The normalized spacial score (nSPS) is 13.2. The molecule has 0 aliphatic carbocycles. The largest absolute Gasteiger partial charge is 0.419 e. The lowest BCUT2D eigenvalue weighted by Crippen LogP contribution is -2.31. The van der Waals surface area contributed by atoms with Gasteiger partial charge in [0.15, 0.2) is 0 Å². The lowest BCUT2D eigenvalue weighted by Gasteiger charge is -2.19. The Morgan fingerprint density at radius 2 is 2.00 bits per heavy atom. The van der Waals surface area contributed by atoms with E-state index in [1.165, 1.54) is 11.9 Å². The van der Waals surface area contributed by atoms with Gasteiger partial charge in [-0.15, -0.1) is 0 Å². The van der Waals surface area contributed by atoms with Gasteiger partial charge in [0.1, 0.15) is 5.82 Å². The maximum atomic E-state index is 13.1. The predicted molar refractivity (Wildman–Crippen MR) is 66.6 cm³/mol. The fraction of sp³-hybridized carbons (Fsp3) is 0.462. The quantitative estimate of drug-likeness (QED) is 0.867. The summed E-state index contributed by atoms with van der Waals surface area (Å²) in [5.41, 5.74) is 3.90. The number of nitrogens with zero attached hydrogens (tertiary/aromatic N) is 1. The highest BCUT2D eigenvalue weighted by molar-refractivity contribution is 5.94. The number of carbonyl (C=O) groups is 1. The van der Waals surface area contributed by atoms with Crippen molar-refractivity contribution >= 4 is 5.91 Å². The molecule has 0 aromatic heterocycles. The molecule has 1 amide bonds.